The summed E-state index contributed by atoms with van der Waals surface area (Å²) in [5.41, 5.74) is 2.04. The van der Waals surface area contributed by atoms with Crippen LogP contribution in [0.15, 0.2) is 45.8 Å². The summed E-state index contributed by atoms with van der Waals surface area (Å²) < 4.78 is 19.5. The van der Waals surface area contributed by atoms with Gasteiger partial charge in [0.25, 0.3) is 0 Å². The van der Waals surface area contributed by atoms with Crippen LogP contribution in [0.4, 0.5) is 4.39 Å². The van der Waals surface area contributed by atoms with Crippen LogP contribution < -0.4 is 10.1 Å². The molecule has 0 saturated carbocycles. The minimum atomic E-state index is -0.221. The molecule has 2 rings (SSSR count). The minimum absolute atomic E-state index is 0.221. The van der Waals surface area contributed by atoms with Gasteiger partial charge in [0.05, 0.1) is 7.11 Å². The fourth-order valence-corrected chi connectivity index (χ4v) is 2.95. The van der Waals surface area contributed by atoms with E-state index in [9.17, 15) is 4.39 Å². The third-order valence-corrected chi connectivity index (χ3v) is 4.65. The van der Waals surface area contributed by atoms with E-state index < -0.39 is 0 Å². The highest BCUT2D eigenvalue weighted by Gasteiger charge is 2.05. The molecule has 0 saturated heterocycles. The van der Waals surface area contributed by atoms with Crippen molar-refractivity contribution in [3.05, 3.63) is 57.8 Å². The van der Waals surface area contributed by atoms with Crippen molar-refractivity contribution in [3.8, 4) is 5.75 Å². The summed E-state index contributed by atoms with van der Waals surface area (Å²) in [5, 5.41) is 3.32. The van der Waals surface area contributed by atoms with Gasteiger partial charge in [-0.15, -0.1) is 11.8 Å². The predicted molar refractivity (Wildman–Crippen MR) is 89.4 cm³/mol. The Morgan fingerprint density at radius 3 is 2.71 bits per heavy atom. The Morgan fingerprint density at radius 1 is 1.19 bits per heavy atom. The third kappa shape index (κ3) is 4.46. The highest BCUT2D eigenvalue weighted by Crippen LogP contribution is 2.28. The Bertz CT molecular complexity index is 621. The van der Waals surface area contributed by atoms with E-state index in [1.54, 1.807) is 24.9 Å². The van der Waals surface area contributed by atoms with E-state index in [4.69, 9.17) is 4.74 Å². The molecular formula is C16H17BrFNOS. The fraction of sp³-hybridized carbons (Fsp3) is 0.250. The first kappa shape index (κ1) is 16.3. The summed E-state index contributed by atoms with van der Waals surface area (Å²) in [6.45, 7) is 1.30. The van der Waals surface area contributed by atoms with Gasteiger partial charge in [-0.2, -0.15) is 0 Å². The van der Waals surface area contributed by atoms with E-state index >= 15 is 0 Å². The first-order chi connectivity index (χ1) is 10.1. The third-order valence-electron chi connectivity index (χ3n) is 3.10. The van der Waals surface area contributed by atoms with Crippen molar-refractivity contribution >= 4 is 27.7 Å². The molecule has 0 aliphatic carbocycles. The average molecular weight is 370 g/mol. The number of nitrogens with one attached hydrogen (secondary N) is 1. The zero-order valence-corrected chi connectivity index (χ0v) is 14.4. The number of benzene rings is 2. The molecule has 2 aromatic carbocycles. The average Bonchev–Trinajstić information content (AvgIpc) is 2.50. The number of methoxy groups -OCH3 is 1. The number of halogens is 2. The summed E-state index contributed by atoms with van der Waals surface area (Å²) in [7, 11) is 1.68. The number of thioether (sulfide) groups is 1. The molecule has 0 aliphatic heterocycles. The van der Waals surface area contributed by atoms with Crippen LogP contribution in [0.1, 0.15) is 11.1 Å². The Labute approximate surface area is 137 Å². The maximum Gasteiger partial charge on any atom is 0.132 e. The van der Waals surface area contributed by atoms with Crippen LogP contribution in [0.5, 0.6) is 5.75 Å². The summed E-state index contributed by atoms with van der Waals surface area (Å²) in [5.74, 6) is 0.662. The van der Waals surface area contributed by atoms with E-state index in [0.29, 0.717) is 13.1 Å². The number of rotatable bonds is 6. The van der Waals surface area contributed by atoms with Crippen LogP contribution in [0.25, 0.3) is 0 Å². The highest BCUT2D eigenvalue weighted by molar-refractivity contribution is 9.10. The van der Waals surface area contributed by atoms with Crippen molar-refractivity contribution in [1.29, 1.82) is 0 Å². The molecule has 0 unspecified atom stereocenters. The first-order valence-electron chi connectivity index (χ1n) is 6.49. The van der Waals surface area contributed by atoms with Crippen molar-refractivity contribution in [2.24, 2.45) is 0 Å². The van der Waals surface area contributed by atoms with Gasteiger partial charge in [-0.25, -0.2) is 4.39 Å². The van der Waals surface area contributed by atoms with E-state index in [0.717, 1.165) is 26.2 Å². The van der Waals surface area contributed by atoms with E-state index in [1.807, 2.05) is 12.3 Å². The normalized spacial score (nSPS) is 10.7. The quantitative estimate of drug-likeness (QED) is 0.751. The Balaban J connectivity index is 1.98. The summed E-state index contributed by atoms with van der Waals surface area (Å²) >= 11 is 5.09. The van der Waals surface area contributed by atoms with Gasteiger partial charge in [0.2, 0.25) is 0 Å². The van der Waals surface area contributed by atoms with Crippen LogP contribution in [-0.4, -0.2) is 13.4 Å². The molecule has 0 heterocycles. The molecule has 0 bridgehead atoms. The van der Waals surface area contributed by atoms with Crippen molar-refractivity contribution in [2.75, 3.05) is 13.4 Å². The van der Waals surface area contributed by atoms with Crippen LogP contribution in [0, 0.1) is 5.82 Å². The lowest BCUT2D eigenvalue weighted by Gasteiger charge is -2.10. The smallest absolute Gasteiger partial charge is 0.132 e. The molecule has 5 heteroatoms. The van der Waals surface area contributed by atoms with E-state index in [1.165, 1.54) is 12.1 Å². The molecule has 1 N–H and O–H groups in total. The van der Waals surface area contributed by atoms with Crippen molar-refractivity contribution < 1.29 is 9.13 Å². The second-order valence-corrected chi connectivity index (χ2v) is 6.23. The fourth-order valence-electron chi connectivity index (χ4n) is 2.01. The maximum absolute atomic E-state index is 13.2. The minimum Gasteiger partial charge on any atom is -0.496 e. The van der Waals surface area contributed by atoms with E-state index in [-0.39, 0.29) is 5.82 Å². The molecule has 0 radical (unpaired) electrons. The molecule has 112 valence electrons. The predicted octanol–water partition coefficient (Wildman–Crippen LogP) is 4.61. The zero-order valence-electron chi connectivity index (χ0n) is 12.0. The Morgan fingerprint density at radius 2 is 2.00 bits per heavy atom. The van der Waals surface area contributed by atoms with Gasteiger partial charge in [-0.3, -0.25) is 0 Å². The standard InChI is InChI=1S/C16H17BrFNOS/c1-20-15-7-11(3-6-16(15)21-2)9-19-10-12-8-13(18)4-5-14(12)17/h3-8,19H,9-10H2,1-2H3. The largest absolute Gasteiger partial charge is 0.496 e. The Kier molecular flexibility index (Phi) is 6.08. The molecule has 0 spiro atoms. The highest BCUT2D eigenvalue weighted by atomic mass is 79.9. The van der Waals surface area contributed by atoms with Gasteiger partial charge < -0.3 is 10.1 Å². The van der Waals surface area contributed by atoms with Crippen LogP contribution in [0.2, 0.25) is 0 Å². The molecule has 21 heavy (non-hydrogen) atoms. The molecule has 2 nitrogen and oxygen atoms in total. The molecule has 0 amide bonds. The van der Waals surface area contributed by atoms with Gasteiger partial charge in [-0.05, 0) is 47.7 Å². The number of hydrogen-bond acceptors (Lipinski definition) is 3. The lowest BCUT2D eigenvalue weighted by Crippen LogP contribution is -2.13. The van der Waals surface area contributed by atoms with Crippen LogP contribution in [-0.2, 0) is 13.1 Å². The summed E-state index contributed by atoms with van der Waals surface area (Å²) in [4.78, 5) is 1.12. The van der Waals surface area contributed by atoms with Gasteiger partial charge in [0.15, 0.2) is 0 Å². The van der Waals surface area contributed by atoms with Gasteiger partial charge in [0, 0.05) is 22.5 Å². The van der Waals surface area contributed by atoms with E-state index in [2.05, 4.69) is 33.4 Å². The molecule has 0 atom stereocenters. The molecular weight excluding hydrogens is 353 g/mol. The SMILES string of the molecule is COc1cc(CNCc2cc(F)ccc2Br)ccc1SC. The second-order valence-electron chi connectivity index (χ2n) is 4.53. The zero-order chi connectivity index (χ0) is 15.2. The van der Waals surface area contributed by atoms with Crippen molar-refractivity contribution in [2.45, 2.75) is 18.0 Å². The Hall–Kier alpha value is -1.04. The van der Waals surface area contributed by atoms with Crippen molar-refractivity contribution in [3.63, 3.8) is 0 Å². The lowest BCUT2D eigenvalue weighted by atomic mass is 10.2. The topological polar surface area (TPSA) is 21.3 Å². The van der Waals surface area contributed by atoms with Crippen LogP contribution in [0.3, 0.4) is 0 Å². The molecule has 2 aromatic rings. The molecule has 0 aromatic heterocycles. The van der Waals surface area contributed by atoms with Crippen molar-refractivity contribution in [1.82, 2.24) is 5.32 Å². The molecule has 0 fully saturated rings. The first-order valence-corrected chi connectivity index (χ1v) is 8.51. The monoisotopic (exact) mass is 369 g/mol. The second kappa shape index (κ2) is 7.82. The lowest BCUT2D eigenvalue weighted by molar-refractivity contribution is 0.404. The number of hydrogen-bond donors (Lipinski definition) is 1. The van der Waals surface area contributed by atoms with Crippen LogP contribution >= 0.6 is 27.7 Å². The van der Waals surface area contributed by atoms with Gasteiger partial charge in [-0.1, -0.05) is 22.0 Å². The summed E-state index contributed by atoms with van der Waals surface area (Å²) in [6, 6.07) is 10.9. The number of ether oxygens (including phenoxy) is 1. The molecule has 0 aliphatic rings. The van der Waals surface area contributed by atoms with Gasteiger partial charge >= 0.3 is 0 Å². The van der Waals surface area contributed by atoms with Gasteiger partial charge in [0.1, 0.15) is 11.6 Å². The summed E-state index contributed by atoms with van der Waals surface area (Å²) in [6.07, 6.45) is 2.03. The maximum atomic E-state index is 13.2.